The maximum Gasteiger partial charge on any atom is 0.251 e. The lowest BCUT2D eigenvalue weighted by atomic mass is 9.91. The van der Waals surface area contributed by atoms with Gasteiger partial charge in [-0.3, -0.25) is 4.79 Å². The van der Waals surface area contributed by atoms with Crippen molar-refractivity contribution in [2.24, 2.45) is 5.73 Å². The van der Waals surface area contributed by atoms with Crippen molar-refractivity contribution in [1.29, 1.82) is 0 Å². The van der Waals surface area contributed by atoms with E-state index in [1.54, 1.807) is 10.9 Å². The highest BCUT2D eigenvalue weighted by Crippen LogP contribution is 2.17. The van der Waals surface area contributed by atoms with Gasteiger partial charge in [0.25, 0.3) is 5.91 Å². The van der Waals surface area contributed by atoms with Crippen molar-refractivity contribution in [3.8, 4) is 5.69 Å². The minimum absolute atomic E-state index is 0. The van der Waals surface area contributed by atoms with Crippen molar-refractivity contribution in [2.45, 2.75) is 37.8 Å². The predicted octanol–water partition coefficient (Wildman–Crippen LogP) is 2.29. The summed E-state index contributed by atoms with van der Waals surface area (Å²) >= 11 is 0. The number of nitrogens with two attached hydrogens (primary N) is 1. The summed E-state index contributed by atoms with van der Waals surface area (Å²) in [5, 5.41) is 7.26. The number of hydrogen-bond acceptors (Lipinski definition) is 3. The maximum atomic E-state index is 12.2. The lowest BCUT2D eigenvalue weighted by Crippen LogP contribution is -2.40. The number of halogens is 1. The number of nitrogens with zero attached hydrogens (tertiary/aromatic N) is 2. The molecule has 3 N–H and O–H groups in total. The predicted molar refractivity (Wildman–Crippen MR) is 88.5 cm³/mol. The molecular formula is C16H21ClN4O. The Bertz CT molecular complexity index is 589. The molecule has 1 aliphatic rings. The highest BCUT2D eigenvalue weighted by Gasteiger charge is 2.20. The van der Waals surface area contributed by atoms with Gasteiger partial charge in [0, 0.05) is 30.0 Å². The van der Waals surface area contributed by atoms with Gasteiger partial charge in [0.2, 0.25) is 0 Å². The van der Waals surface area contributed by atoms with Gasteiger partial charge < -0.3 is 11.1 Å². The lowest BCUT2D eigenvalue weighted by Gasteiger charge is -2.26. The van der Waals surface area contributed by atoms with Crippen LogP contribution in [0.5, 0.6) is 0 Å². The Morgan fingerprint density at radius 3 is 2.45 bits per heavy atom. The Morgan fingerprint density at radius 1 is 1.18 bits per heavy atom. The van der Waals surface area contributed by atoms with Crippen molar-refractivity contribution < 1.29 is 4.79 Å². The van der Waals surface area contributed by atoms with Gasteiger partial charge >= 0.3 is 0 Å². The van der Waals surface area contributed by atoms with Crippen LogP contribution in [0.3, 0.4) is 0 Å². The summed E-state index contributed by atoms with van der Waals surface area (Å²) in [4.78, 5) is 12.2. The molecule has 5 nitrogen and oxygen atoms in total. The minimum atomic E-state index is -0.0116. The first-order valence-corrected chi connectivity index (χ1v) is 7.39. The van der Waals surface area contributed by atoms with Gasteiger partial charge in [-0.1, -0.05) is 0 Å². The van der Waals surface area contributed by atoms with E-state index in [1.165, 1.54) is 0 Å². The zero-order chi connectivity index (χ0) is 14.7. The van der Waals surface area contributed by atoms with E-state index in [-0.39, 0.29) is 24.4 Å². The summed E-state index contributed by atoms with van der Waals surface area (Å²) in [5.41, 5.74) is 7.51. The molecule has 0 spiro atoms. The van der Waals surface area contributed by atoms with E-state index in [0.29, 0.717) is 11.6 Å². The normalized spacial score (nSPS) is 21.0. The molecule has 0 atom stereocenters. The molecule has 118 valence electrons. The monoisotopic (exact) mass is 320 g/mol. The van der Waals surface area contributed by atoms with Gasteiger partial charge in [0.1, 0.15) is 0 Å². The average Bonchev–Trinajstić information content (AvgIpc) is 3.04. The SMILES string of the molecule is Cl.NC1CCC(NC(=O)c2ccc(-n3cccn3)cc2)CC1. The van der Waals surface area contributed by atoms with Crippen LogP contribution >= 0.6 is 12.4 Å². The van der Waals surface area contributed by atoms with E-state index >= 15 is 0 Å². The molecule has 0 aliphatic heterocycles. The third kappa shape index (κ3) is 3.87. The molecule has 0 bridgehead atoms. The standard InChI is InChI=1S/C16H20N4O.ClH/c17-13-4-6-14(7-5-13)19-16(21)12-2-8-15(9-3-12)20-11-1-10-18-20;/h1-3,8-11,13-14H,4-7,17H2,(H,19,21);1H. The fourth-order valence-corrected chi connectivity index (χ4v) is 2.72. The van der Waals surface area contributed by atoms with E-state index < -0.39 is 0 Å². The molecule has 0 unspecified atom stereocenters. The molecule has 3 rings (SSSR count). The largest absolute Gasteiger partial charge is 0.349 e. The van der Waals surface area contributed by atoms with Crippen LogP contribution < -0.4 is 11.1 Å². The van der Waals surface area contributed by atoms with Crippen LogP contribution in [-0.4, -0.2) is 27.8 Å². The van der Waals surface area contributed by atoms with Gasteiger partial charge in [0.15, 0.2) is 0 Å². The second-order valence-electron chi connectivity index (χ2n) is 5.58. The van der Waals surface area contributed by atoms with Crippen LogP contribution in [0.4, 0.5) is 0 Å². The molecule has 1 fully saturated rings. The summed E-state index contributed by atoms with van der Waals surface area (Å²) in [6.45, 7) is 0. The van der Waals surface area contributed by atoms with E-state index in [2.05, 4.69) is 10.4 Å². The summed E-state index contributed by atoms with van der Waals surface area (Å²) < 4.78 is 1.77. The number of aromatic nitrogens is 2. The van der Waals surface area contributed by atoms with Gasteiger partial charge in [-0.15, -0.1) is 12.4 Å². The molecule has 6 heteroatoms. The number of amides is 1. The van der Waals surface area contributed by atoms with Crippen LogP contribution in [0, 0.1) is 0 Å². The van der Waals surface area contributed by atoms with Crippen LogP contribution in [0.2, 0.25) is 0 Å². The summed E-state index contributed by atoms with van der Waals surface area (Å²) in [6.07, 6.45) is 7.53. The molecule has 2 aromatic rings. The first-order valence-electron chi connectivity index (χ1n) is 7.39. The van der Waals surface area contributed by atoms with Crippen molar-refractivity contribution in [3.05, 3.63) is 48.3 Å². The number of nitrogens with one attached hydrogen (secondary N) is 1. The third-order valence-electron chi connectivity index (χ3n) is 4.01. The van der Waals surface area contributed by atoms with Crippen molar-refractivity contribution in [3.63, 3.8) is 0 Å². The van der Waals surface area contributed by atoms with Crippen molar-refractivity contribution in [2.75, 3.05) is 0 Å². The number of carbonyl (C=O) groups is 1. The van der Waals surface area contributed by atoms with Crippen molar-refractivity contribution >= 4 is 18.3 Å². The Kier molecular flexibility index (Phi) is 5.57. The Labute approximate surface area is 136 Å². The highest BCUT2D eigenvalue weighted by molar-refractivity contribution is 5.94. The smallest absolute Gasteiger partial charge is 0.251 e. The Balaban J connectivity index is 0.00000176. The van der Waals surface area contributed by atoms with E-state index in [0.717, 1.165) is 31.4 Å². The van der Waals surface area contributed by atoms with Crippen LogP contribution in [-0.2, 0) is 0 Å². The lowest BCUT2D eigenvalue weighted by molar-refractivity contribution is 0.0926. The van der Waals surface area contributed by atoms with Gasteiger partial charge in [-0.25, -0.2) is 4.68 Å². The van der Waals surface area contributed by atoms with Gasteiger partial charge in [0.05, 0.1) is 5.69 Å². The first-order chi connectivity index (χ1) is 10.2. The van der Waals surface area contributed by atoms with Crippen LogP contribution in [0.25, 0.3) is 5.69 Å². The van der Waals surface area contributed by atoms with E-state index in [1.807, 2.05) is 36.5 Å². The molecule has 1 saturated carbocycles. The fourth-order valence-electron chi connectivity index (χ4n) is 2.72. The minimum Gasteiger partial charge on any atom is -0.349 e. The summed E-state index contributed by atoms with van der Waals surface area (Å²) in [7, 11) is 0. The molecule has 1 amide bonds. The molecular weight excluding hydrogens is 300 g/mol. The Hall–Kier alpha value is -1.85. The molecule has 1 aromatic carbocycles. The second kappa shape index (κ2) is 7.42. The summed E-state index contributed by atoms with van der Waals surface area (Å²) in [5.74, 6) is -0.0116. The molecule has 1 heterocycles. The first kappa shape index (κ1) is 16.5. The molecule has 0 radical (unpaired) electrons. The zero-order valence-corrected chi connectivity index (χ0v) is 13.1. The van der Waals surface area contributed by atoms with Gasteiger partial charge in [-0.05, 0) is 56.0 Å². The average molecular weight is 321 g/mol. The number of carbonyl (C=O) groups excluding carboxylic acids is 1. The molecule has 22 heavy (non-hydrogen) atoms. The second-order valence-corrected chi connectivity index (χ2v) is 5.58. The van der Waals surface area contributed by atoms with Crippen molar-refractivity contribution in [1.82, 2.24) is 15.1 Å². The van der Waals surface area contributed by atoms with Gasteiger partial charge in [-0.2, -0.15) is 5.10 Å². The molecule has 1 aliphatic carbocycles. The summed E-state index contributed by atoms with van der Waals surface area (Å²) in [6, 6.07) is 9.89. The molecule has 0 saturated heterocycles. The van der Waals surface area contributed by atoms with E-state index in [9.17, 15) is 4.79 Å². The topological polar surface area (TPSA) is 72.9 Å². The molecule has 1 aromatic heterocycles. The Morgan fingerprint density at radius 2 is 1.86 bits per heavy atom. The number of benzene rings is 1. The fraction of sp³-hybridized carbons (Fsp3) is 0.375. The zero-order valence-electron chi connectivity index (χ0n) is 12.3. The van der Waals surface area contributed by atoms with Crippen LogP contribution in [0.1, 0.15) is 36.0 Å². The van der Waals surface area contributed by atoms with Crippen LogP contribution in [0.15, 0.2) is 42.7 Å². The quantitative estimate of drug-likeness (QED) is 0.911. The highest BCUT2D eigenvalue weighted by atomic mass is 35.5. The third-order valence-corrected chi connectivity index (χ3v) is 4.01. The number of hydrogen-bond donors (Lipinski definition) is 2. The number of rotatable bonds is 3. The maximum absolute atomic E-state index is 12.2. The van der Waals surface area contributed by atoms with E-state index in [4.69, 9.17) is 5.73 Å².